The number of ether oxygens (including phenoxy) is 2. The molecule has 1 N–H and O–H groups in total. The second-order valence-corrected chi connectivity index (χ2v) is 13.8. The molecular formula is C46H44F2IN4NaO5. The molecule has 9 rings (SSSR count). The number of halogens is 3. The Morgan fingerprint density at radius 2 is 1.17 bits per heavy atom. The van der Waals surface area contributed by atoms with Gasteiger partial charge in [0.25, 0.3) is 11.1 Å². The van der Waals surface area contributed by atoms with E-state index < -0.39 is 6.10 Å². The van der Waals surface area contributed by atoms with Gasteiger partial charge in [0.05, 0.1) is 47.1 Å². The Balaban J connectivity index is 0.000000222. The number of aromatic nitrogens is 4. The zero-order valence-electron chi connectivity index (χ0n) is 34.3. The summed E-state index contributed by atoms with van der Waals surface area (Å²) < 4.78 is 40.0. The number of aryl methyl sites for hydroxylation is 2. The summed E-state index contributed by atoms with van der Waals surface area (Å²) in [5.74, 6) is 12.7. The topological polar surface area (TPSA) is 108 Å². The number of fused-ring (bicyclic) bond motifs is 4. The van der Waals surface area contributed by atoms with Crippen LogP contribution in [0.2, 0.25) is 0 Å². The molecule has 3 aliphatic rings. The van der Waals surface area contributed by atoms with Crippen LogP contribution in [0.4, 0.5) is 8.78 Å². The van der Waals surface area contributed by atoms with Gasteiger partial charge in [0, 0.05) is 55.4 Å². The predicted molar refractivity (Wildman–Crippen MR) is 231 cm³/mol. The van der Waals surface area contributed by atoms with Crippen LogP contribution in [-0.4, -0.2) is 61.7 Å². The molecule has 0 aliphatic carbocycles. The third-order valence-corrected chi connectivity index (χ3v) is 9.75. The number of aliphatic hydroxyl groups is 1. The molecule has 0 bridgehead atoms. The van der Waals surface area contributed by atoms with Crippen LogP contribution in [0.1, 0.15) is 61.0 Å². The van der Waals surface area contributed by atoms with Crippen molar-refractivity contribution in [2.24, 2.45) is 0 Å². The number of rotatable bonds is 1. The minimum atomic E-state index is -0.499. The maximum Gasteiger partial charge on any atom is 1.00 e. The molecule has 59 heavy (non-hydrogen) atoms. The smallest absolute Gasteiger partial charge is 1.00 e. The Morgan fingerprint density at radius 1 is 0.712 bits per heavy atom. The molecular weight excluding hydrogens is 876 g/mol. The Bertz CT molecular complexity index is 2660. The van der Waals surface area contributed by atoms with Gasteiger partial charge in [-0.05, 0) is 103 Å². The molecule has 2 atom stereocenters. The van der Waals surface area contributed by atoms with Crippen molar-refractivity contribution in [1.29, 1.82) is 0 Å². The first-order valence-corrected chi connectivity index (χ1v) is 21.2. The number of methoxy groups -OCH3 is 1. The number of hydrogen-bond donors (Lipinski definition) is 1. The van der Waals surface area contributed by atoms with Gasteiger partial charge in [0.2, 0.25) is 0 Å². The van der Waals surface area contributed by atoms with Gasteiger partial charge in [-0.3, -0.25) is 18.7 Å². The summed E-state index contributed by atoms with van der Waals surface area (Å²) in [5.41, 5.74) is 3.71. The Hall–Kier alpha value is -4.25. The molecule has 1 fully saturated rings. The molecule has 9 nitrogen and oxygen atoms in total. The molecule has 13 heteroatoms. The minimum absolute atomic E-state index is 0. The zero-order chi connectivity index (χ0) is 41.0. The largest absolute Gasteiger partial charge is 1.00 e. The van der Waals surface area contributed by atoms with Crippen LogP contribution >= 0.6 is 22.6 Å². The van der Waals surface area contributed by atoms with Crippen molar-refractivity contribution in [2.75, 3.05) is 25.3 Å². The van der Waals surface area contributed by atoms with E-state index >= 15 is 0 Å². The van der Waals surface area contributed by atoms with Crippen LogP contribution in [0.3, 0.4) is 0 Å². The van der Waals surface area contributed by atoms with Gasteiger partial charge < -0.3 is 16.0 Å². The number of aliphatic hydroxyl groups excluding tert-OH is 1. The summed E-state index contributed by atoms with van der Waals surface area (Å²) in [6.45, 7) is 2.83. The van der Waals surface area contributed by atoms with Crippen LogP contribution in [-0.2, 0) is 35.4 Å². The van der Waals surface area contributed by atoms with Crippen molar-refractivity contribution in [3.05, 3.63) is 151 Å². The summed E-state index contributed by atoms with van der Waals surface area (Å²) in [7, 11) is 1.67. The summed E-state index contributed by atoms with van der Waals surface area (Å²) >= 11 is 2.15. The summed E-state index contributed by atoms with van der Waals surface area (Å²) in [5, 5.41) is 10.8. The van der Waals surface area contributed by atoms with Gasteiger partial charge in [0.15, 0.2) is 0 Å². The molecule has 0 amide bonds. The first-order valence-electron chi connectivity index (χ1n) is 19.0. The predicted octanol–water partition coefficient (Wildman–Crippen LogP) is 4.10. The maximum absolute atomic E-state index is 13.2. The molecule has 1 saturated heterocycles. The molecule has 3 aliphatic heterocycles. The minimum Gasteiger partial charge on any atom is -1.00 e. The first-order chi connectivity index (χ1) is 28.2. The molecule has 300 valence electrons. The van der Waals surface area contributed by atoms with Gasteiger partial charge in [-0.15, -0.1) is 0 Å². The second-order valence-electron chi connectivity index (χ2n) is 13.8. The van der Waals surface area contributed by atoms with Gasteiger partial charge in [0.1, 0.15) is 23.3 Å². The van der Waals surface area contributed by atoms with Crippen LogP contribution in [0.25, 0.3) is 21.8 Å². The molecule has 2 aromatic heterocycles. The fraction of sp³-hybridized carbons (Fsp3) is 0.304. The fourth-order valence-electron chi connectivity index (χ4n) is 6.75. The van der Waals surface area contributed by atoms with E-state index in [1.807, 2.05) is 11.0 Å². The quantitative estimate of drug-likeness (QED) is 0.115. The van der Waals surface area contributed by atoms with Crippen molar-refractivity contribution >= 4 is 44.4 Å². The summed E-state index contributed by atoms with van der Waals surface area (Å²) in [6, 6.07) is 22.8. The van der Waals surface area contributed by atoms with E-state index in [9.17, 15) is 23.5 Å². The number of alkyl halides is 1. The number of benzene rings is 4. The van der Waals surface area contributed by atoms with Gasteiger partial charge in [-0.2, -0.15) is 0 Å². The SMILES string of the molecule is C1CCOC1.CI.COC1CCc2nc3cc(C#Cc4cccc(F)c4)ccc3c(=O)n2C1.O=c1c2ccc(C#Cc3cccc(F)c3)cc2nc2n1CC(O)CC2.[H-].[Na+]. The van der Waals surface area contributed by atoms with Crippen molar-refractivity contribution in [2.45, 2.75) is 63.8 Å². The van der Waals surface area contributed by atoms with E-state index in [1.54, 1.807) is 70.8 Å². The van der Waals surface area contributed by atoms with E-state index in [1.165, 1.54) is 37.1 Å². The Kier molecular flexibility index (Phi) is 17.4. The second kappa shape index (κ2) is 22.4. The van der Waals surface area contributed by atoms with Crippen molar-refractivity contribution < 1.29 is 54.3 Å². The molecule has 5 heterocycles. The van der Waals surface area contributed by atoms with Crippen LogP contribution in [0.15, 0.2) is 94.5 Å². The van der Waals surface area contributed by atoms with E-state index in [2.05, 4.69) is 56.2 Å². The third kappa shape index (κ3) is 12.2. The standard InChI is InChI=1S/C21H17FN2O2.C20H15FN2O2.C4H8O.CH3I.Na.H/c1-26-17-8-10-20-23-19-12-15(6-5-14-3-2-4-16(22)11-14)7-9-18(19)21(25)24(20)13-17;21-15-3-1-2-13(10-15)4-5-14-6-8-17-18(11-14)22-19-9-7-16(24)12-23(19)20(17)25;1-2-4-5-3-1;1-2;;/h2-4,7,9,11-12,17H,8,10,13H2,1H3;1-3,6,8,10-11,16,24H,7,9,12H2;1-4H2;1H3;;/q;;;;+1;-1. The third-order valence-electron chi connectivity index (χ3n) is 9.75. The maximum atomic E-state index is 13.2. The zero-order valence-corrected chi connectivity index (χ0v) is 37.5. The molecule has 6 aromatic rings. The molecule has 0 spiro atoms. The van der Waals surface area contributed by atoms with E-state index in [0.29, 0.717) is 70.1 Å². The molecule has 0 saturated carbocycles. The summed E-state index contributed by atoms with van der Waals surface area (Å²) in [6.07, 6.45) is 4.86. The fourth-order valence-corrected chi connectivity index (χ4v) is 6.75. The Morgan fingerprint density at radius 3 is 1.61 bits per heavy atom. The molecule has 2 unspecified atom stereocenters. The van der Waals surface area contributed by atoms with Gasteiger partial charge in [-0.1, -0.05) is 58.4 Å². The van der Waals surface area contributed by atoms with Crippen molar-refractivity contribution in [3.63, 3.8) is 0 Å². The number of hydrogen-bond acceptors (Lipinski definition) is 7. The van der Waals surface area contributed by atoms with Crippen molar-refractivity contribution in [1.82, 2.24) is 19.1 Å². The molecule has 4 aromatic carbocycles. The van der Waals surface area contributed by atoms with Crippen LogP contribution in [0.5, 0.6) is 0 Å². The summed E-state index contributed by atoms with van der Waals surface area (Å²) in [4.78, 5) is 36.5. The average Bonchev–Trinajstić information content (AvgIpc) is 3.84. The van der Waals surface area contributed by atoms with Crippen LogP contribution < -0.4 is 40.7 Å². The van der Waals surface area contributed by atoms with E-state index in [-0.39, 0.29) is 66.4 Å². The monoisotopic (exact) mass is 920 g/mol. The molecule has 0 radical (unpaired) electrons. The van der Waals surface area contributed by atoms with Gasteiger partial charge in [-0.25, -0.2) is 18.7 Å². The van der Waals surface area contributed by atoms with Crippen molar-refractivity contribution in [3.8, 4) is 23.7 Å². The van der Waals surface area contributed by atoms with E-state index in [0.717, 1.165) is 31.0 Å². The van der Waals surface area contributed by atoms with Crippen LogP contribution in [0, 0.1) is 35.3 Å². The van der Waals surface area contributed by atoms with E-state index in [4.69, 9.17) is 9.47 Å². The van der Waals surface area contributed by atoms with Gasteiger partial charge >= 0.3 is 29.6 Å². The first kappa shape index (κ1) is 45.8. The normalized spacial score (nSPS) is 16.0. The average molecular weight is 921 g/mol. The Labute approximate surface area is 379 Å². The number of nitrogens with zero attached hydrogens (tertiary/aromatic N) is 4.